The van der Waals surface area contributed by atoms with Crippen molar-refractivity contribution in [1.29, 1.82) is 0 Å². The first kappa shape index (κ1) is 16.1. The van der Waals surface area contributed by atoms with Crippen LogP contribution in [-0.2, 0) is 0 Å². The van der Waals surface area contributed by atoms with Crippen LogP contribution in [0.4, 0.5) is 5.82 Å². The van der Waals surface area contributed by atoms with Crippen LogP contribution in [0.15, 0.2) is 12.3 Å². The highest BCUT2D eigenvalue weighted by molar-refractivity contribution is 6.33. The first-order valence-corrected chi connectivity index (χ1v) is 8.09. The second-order valence-corrected chi connectivity index (χ2v) is 6.36. The quantitative estimate of drug-likeness (QED) is 0.923. The van der Waals surface area contributed by atoms with Gasteiger partial charge in [-0.05, 0) is 37.7 Å². The summed E-state index contributed by atoms with van der Waals surface area (Å²) in [7, 11) is 0. The maximum absolute atomic E-state index is 12.6. The van der Waals surface area contributed by atoms with Gasteiger partial charge in [0.15, 0.2) is 0 Å². The number of hydrogen-bond acceptors (Lipinski definition) is 3. The van der Waals surface area contributed by atoms with Gasteiger partial charge in [0.25, 0.3) is 5.91 Å². The molecule has 0 radical (unpaired) electrons. The van der Waals surface area contributed by atoms with E-state index < -0.39 is 0 Å². The Morgan fingerprint density at radius 3 is 2.71 bits per heavy atom. The Hall–Kier alpha value is -1.29. The van der Waals surface area contributed by atoms with E-state index in [0.29, 0.717) is 22.3 Å². The summed E-state index contributed by atoms with van der Waals surface area (Å²) in [4.78, 5) is 18.7. The average Bonchev–Trinajstić information content (AvgIpc) is 2.49. The van der Waals surface area contributed by atoms with Crippen LogP contribution in [0, 0.1) is 11.8 Å². The molecule has 1 amide bonds. The topological polar surface area (TPSA) is 45.2 Å². The van der Waals surface area contributed by atoms with Crippen LogP contribution in [-0.4, -0.2) is 35.4 Å². The summed E-state index contributed by atoms with van der Waals surface area (Å²) < 4.78 is 0. The molecule has 1 aromatic rings. The van der Waals surface area contributed by atoms with E-state index in [0.717, 1.165) is 38.4 Å². The molecular weight excluding hydrogens is 286 g/mol. The summed E-state index contributed by atoms with van der Waals surface area (Å²) in [5, 5.41) is 3.54. The minimum atomic E-state index is 0.0174. The Balaban J connectivity index is 2.08. The Labute approximate surface area is 131 Å². The molecule has 116 valence electrons. The van der Waals surface area contributed by atoms with E-state index in [-0.39, 0.29) is 5.91 Å². The molecule has 0 saturated carbocycles. The molecule has 2 heterocycles. The minimum Gasteiger partial charge on any atom is -0.370 e. The predicted octanol–water partition coefficient (Wildman–Crippen LogP) is 3.68. The number of halogens is 1. The number of nitrogens with zero attached hydrogens (tertiary/aromatic N) is 2. The lowest BCUT2D eigenvalue weighted by Crippen LogP contribution is -2.39. The molecule has 1 N–H and O–H groups in total. The summed E-state index contributed by atoms with van der Waals surface area (Å²) in [6, 6.07) is 1.75. The zero-order chi connectivity index (χ0) is 15.4. The second-order valence-electron chi connectivity index (χ2n) is 5.95. The highest BCUT2D eigenvalue weighted by atomic mass is 35.5. The maximum atomic E-state index is 12.6. The van der Waals surface area contributed by atoms with Crippen molar-refractivity contribution in [2.24, 2.45) is 11.8 Å². The molecule has 1 saturated heterocycles. The molecule has 0 bridgehead atoms. The molecule has 21 heavy (non-hydrogen) atoms. The number of piperidine rings is 1. The number of hydrogen-bond donors (Lipinski definition) is 1. The lowest BCUT2D eigenvalue weighted by atomic mass is 9.86. The molecule has 0 spiro atoms. The maximum Gasteiger partial charge on any atom is 0.255 e. The van der Waals surface area contributed by atoms with Crippen LogP contribution in [0.25, 0.3) is 0 Å². The van der Waals surface area contributed by atoms with Crippen molar-refractivity contribution in [2.75, 3.05) is 25.0 Å². The summed E-state index contributed by atoms with van der Waals surface area (Å²) in [6.45, 7) is 8.90. The van der Waals surface area contributed by atoms with Crippen molar-refractivity contribution in [2.45, 2.75) is 33.6 Å². The van der Waals surface area contributed by atoms with E-state index in [1.807, 2.05) is 11.8 Å². The predicted molar refractivity (Wildman–Crippen MR) is 86.9 cm³/mol. The van der Waals surface area contributed by atoms with Gasteiger partial charge in [-0.3, -0.25) is 4.79 Å². The fourth-order valence-electron chi connectivity index (χ4n) is 2.82. The van der Waals surface area contributed by atoms with Crippen LogP contribution in [0.2, 0.25) is 5.02 Å². The lowest BCUT2D eigenvalue weighted by molar-refractivity contribution is 0.0668. The number of carbonyl (C=O) groups is 1. The minimum absolute atomic E-state index is 0.0174. The van der Waals surface area contributed by atoms with Crippen molar-refractivity contribution in [1.82, 2.24) is 9.88 Å². The zero-order valence-corrected chi connectivity index (χ0v) is 13.8. The molecule has 4 nitrogen and oxygen atoms in total. The molecular formula is C16H24ClN3O. The molecule has 1 aliphatic heterocycles. The molecule has 0 aliphatic carbocycles. The molecule has 2 rings (SSSR count). The Morgan fingerprint density at radius 2 is 2.14 bits per heavy atom. The summed E-state index contributed by atoms with van der Waals surface area (Å²) >= 11 is 6.15. The summed E-state index contributed by atoms with van der Waals surface area (Å²) in [5.74, 6) is 2.12. The van der Waals surface area contributed by atoms with Gasteiger partial charge in [0.1, 0.15) is 5.82 Å². The first-order chi connectivity index (χ1) is 10.0. The molecule has 0 unspecified atom stereocenters. The van der Waals surface area contributed by atoms with Gasteiger partial charge in [-0.15, -0.1) is 0 Å². The van der Waals surface area contributed by atoms with Gasteiger partial charge in [0.05, 0.1) is 10.6 Å². The number of likely N-dealkylation sites (tertiary alicyclic amines) is 1. The van der Waals surface area contributed by atoms with Crippen molar-refractivity contribution in [3.05, 3.63) is 22.8 Å². The number of anilines is 1. The van der Waals surface area contributed by atoms with Crippen LogP contribution in [0.5, 0.6) is 0 Å². The summed E-state index contributed by atoms with van der Waals surface area (Å²) in [6.07, 6.45) is 3.70. The SMILES string of the molecule is CCNc1cc(C(=O)N2CCC(C(C)C)CC2)c(Cl)cn1. The van der Waals surface area contributed by atoms with E-state index in [1.54, 1.807) is 12.3 Å². The smallest absolute Gasteiger partial charge is 0.255 e. The molecule has 0 aromatic carbocycles. The molecule has 1 fully saturated rings. The molecule has 5 heteroatoms. The molecule has 1 aromatic heterocycles. The van der Waals surface area contributed by atoms with Gasteiger partial charge in [0, 0.05) is 25.8 Å². The fraction of sp³-hybridized carbons (Fsp3) is 0.625. The van der Waals surface area contributed by atoms with Crippen LogP contribution >= 0.6 is 11.6 Å². The Kier molecular flexibility index (Phi) is 5.45. The van der Waals surface area contributed by atoms with E-state index >= 15 is 0 Å². The fourth-order valence-corrected chi connectivity index (χ4v) is 3.00. The molecule has 0 atom stereocenters. The monoisotopic (exact) mass is 309 g/mol. The third kappa shape index (κ3) is 3.88. The first-order valence-electron chi connectivity index (χ1n) is 7.71. The standard InChI is InChI=1S/C16H24ClN3O/c1-4-18-15-9-13(14(17)10-19-15)16(21)20-7-5-12(6-8-20)11(2)3/h9-12H,4-8H2,1-3H3,(H,18,19). The Morgan fingerprint density at radius 1 is 1.48 bits per heavy atom. The number of amides is 1. The van der Waals surface area contributed by atoms with Gasteiger partial charge in [-0.1, -0.05) is 25.4 Å². The van der Waals surface area contributed by atoms with Crippen LogP contribution in [0.3, 0.4) is 0 Å². The van der Waals surface area contributed by atoms with E-state index in [4.69, 9.17) is 11.6 Å². The average molecular weight is 310 g/mol. The van der Waals surface area contributed by atoms with Crippen molar-refractivity contribution < 1.29 is 4.79 Å². The van der Waals surface area contributed by atoms with Crippen molar-refractivity contribution in [3.63, 3.8) is 0 Å². The third-order valence-corrected chi connectivity index (χ3v) is 4.51. The largest absolute Gasteiger partial charge is 0.370 e. The van der Waals surface area contributed by atoms with E-state index in [2.05, 4.69) is 24.1 Å². The van der Waals surface area contributed by atoms with E-state index in [1.165, 1.54) is 0 Å². The van der Waals surface area contributed by atoms with Gasteiger partial charge in [-0.2, -0.15) is 0 Å². The van der Waals surface area contributed by atoms with Gasteiger partial charge >= 0.3 is 0 Å². The zero-order valence-electron chi connectivity index (χ0n) is 13.0. The molecule has 1 aliphatic rings. The third-order valence-electron chi connectivity index (χ3n) is 4.21. The van der Waals surface area contributed by atoms with Gasteiger partial charge in [0.2, 0.25) is 0 Å². The van der Waals surface area contributed by atoms with Gasteiger partial charge < -0.3 is 10.2 Å². The highest BCUT2D eigenvalue weighted by Crippen LogP contribution is 2.27. The Bertz CT molecular complexity index is 496. The van der Waals surface area contributed by atoms with Crippen LogP contribution < -0.4 is 5.32 Å². The number of pyridine rings is 1. The van der Waals surface area contributed by atoms with Crippen LogP contribution in [0.1, 0.15) is 44.0 Å². The summed E-state index contributed by atoms with van der Waals surface area (Å²) in [5.41, 5.74) is 0.547. The normalized spacial score (nSPS) is 16.3. The van der Waals surface area contributed by atoms with Crippen molar-refractivity contribution >= 4 is 23.3 Å². The van der Waals surface area contributed by atoms with E-state index in [9.17, 15) is 4.79 Å². The number of nitrogens with one attached hydrogen (secondary N) is 1. The highest BCUT2D eigenvalue weighted by Gasteiger charge is 2.26. The van der Waals surface area contributed by atoms with Crippen molar-refractivity contribution in [3.8, 4) is 0 Å². The number of carbonyl (C=O) groups excluding carboxylic acids is 1. The number of aromatic nitrogens is 1. The number of rotatable bonds is 4. The van der Waals surface area contributed by atoms with Gasteiger partial charge in [-0.25, -0.2) is 4.98 Å². The lowest BCUT2D eigenvalue weighted by Gasteiger charge is -2.34. The second kappa shape index (κ2) is 7.12.